The average Bonchev–Trinajstić information content (AvgIpc) is 2.73. The minimum Gasteiger partial charge on any atom is -0.341 e. The monoisotopic (exact) mass is 277 g/mol. The van der Waals surface area contributed by atoms with E-state index in [9.17, 15) is 9.59 Å². The molecule has 1 aromatic heterocycles. The van der Waals surface area contributed by atoms with Crippen molar-refractivity contribution in [1.29, 1.82) is 5.26 Å². The summed E-state index contributed by atoms with van der Waals surface area (Å²) in [5, 5.41) is 10.7. The van der Waals surface area contributed by atoms with Gasteiger partial charge in [0.2, 0.25) is 5.91 Å². The van der Waals surface area contributed by atoms with E-state index in [2.05, 4.69) is 0 Å². The van der Waals surface area contributed by atoms with Crippen LogP contribution < -0.4 is 0 Å². The summed E-state index contributed by atoms with van der Waals surface area (Å²) < 4.78 is 0. The molecule has 0 aliphatic carbocycles. The van der Waals surface area contributed by atoms with Crippen LogP contribution in [0.4, 0.5) is 0 Å². The van der Waals surface area contributed by atoms with Crippen LogP contribution in [0, 0.1) is 11.3 Å². The lowest BCUT2D eigenvalue weighted by molar-refractivity contribution is -0.128. The number of thiophene rings is 1. The van der Waals surface area contributed by atoms with Crippen LogP contribution in [0.1, 0.15) is 28.6 Å². The van der Waals surface area contributed by atoms with Gasteiger partial charge in [0.05, 0.1) is 5.56 Å². The second-order valence-electron chi connectivity index (χ2n) is 4.43. The highest BCUT2D eigenvalue weighted by Crippen LogP contribution is 2.19. The van der Waals surface area contributed by atoms with E-state index in [1.165, 1.54) is 11.3 Å². The second-order valence-corrected chi connectivity index (χ2v) is 5.34. The van der Waals surface area contributed by atoms with Gasteiger partial charge in [-0.1, -0.05) is 0 Å². The Bertz CT molecular complexity index is 532. The number of rotatable bonds is 1. The van der Waals surface area contributed by atoms with Crippen LogP contribution >= 0.6 is 11.3 Å². The second kappa shape index (κ2) is 5.85. The third-order valence-corrected chi connectivity index (χ3v) is 4.11. The topological polar surface area (TPSA) is 64.4 Å². The van der Waals surface area contributed by atoms with E-state index < -0.39 is 0 Å². The van der Waals surface area contributed by atoms with E-state index in [-0.39, 0.29) is 11.8 Å². The number of amides is 2. The molecule has 5 nitrogen and oxygen atoms in total. The van der Waals surface area contributed by atoms with E-state index >= 15 is 0 Å². The van der Waals surface area contributed by atoms with E-state index in [0.29, 0.717) is 36.6 Å². The molecule has 0 aromatic carbocycles. The molecule has 0 unspecified atom stereocenters. The zero-order valence-electron chi connectivity index (χ0n) is 10.8. The molecule has 2 rings (SSSR count). The smallest absolute Gasteiger partial charge is 0.265 e. The summed E-state index contributed by atoms with van der Waals surface area (Å²) in [6, 6.07) is 3.70. The molecule has 0 bridgehead atoms. The van der Waals surface area contributed by atoms with Crippen LogP contribution in [0.2, 0.25) is 0 Å². The molecule has 0 spiro atoms. The molecule has 1 saturated heterocycles. The Hall–Kier alpha value is -1.87. The first-order valence-electron chi connectivity index (χ1n) is 6.16. The molecule has 6 heteroatoms. The van der Waals surface area contributed by atoms with Crippen LogP contribution in [0.3, 0.4) is 0 Å². The lowest BCUT2D eigenvalue weighted by Crippen LogP contribution is -2.36. The van der Waals surface area contributed by atoms with Crippen molar-refractivity contribution in [2.75, 3.05) is 26.2 Å². The average molecular weight is 277 g/mol. The first kappa shape index (κ1) is 13.6. The van der Waals surface area contributed by atoms with Gasteiger partial charge < -0.3 is 9.80 Å². The van der Waals surface area contributed by atoms with Gasteiger partial charge in [-0.2, -0.15) is 5.26 Å². The number of carbonyl (C=O) groups is 2. The fourth-order valence-corrected chi connectivity index (χ4v) is 2.95. The molecular weight excluding hydrogens is 262 g/mol. The SMILES string of the molecule is CC(=O)N1CCCN(C(=O)c2sccc2C#N)CC1. The highest BCUT2D eigenvalue weighted by Gasteiger charge is 2.23. The summed E-state index contributed by atoms with van der Waals surface area (Å²) >= 11 is 1.30. The Morgan fingerprint density at radius 2 is 1.95 bits per heavy atom. The van der Waals surface area contributed by atoms with Gasteiger partial charge in [-0.3, -0.25) is 9.59 Å². The van der Waals surface area contributed by atoms with E-state index in [1.807, 2.05) is 6.07 Å². The predicted molar refractivity (Wildman–Crippen MR) is 71.8 cm³/mol. The summed E-state index contributed by atoms with van der Waals surface area (Å²) in [7, 11) is 0. The molecule has 1 fully saturated rings. The standard InChI is InChI=1S/C13H15N3O2S/c1-10(17)15-4-2-5-16(7-6-15)13(18)12-11(9-14)3-8-19-12/h3,8H,2,4-7H2,1H3. The van der Waals surface area contributed by atoms with E-state index in [0.717, 1.165) is 6.42 Å². The zero-order valence-corrected chi connectivity index (χ0v) is 11.6. The van der Waals surface area contributed by atoms with Gasteiger partial charge in [-0.05, 0) is 17.9 Å². The summed E-state index contributed by atoms with van der Waals surface area (Å²) in [6.07, 6.45) is 0.776. The van der Waals surface area contributed by atoms with Gasteiger partial charge in [-0.15, -0.1) is 11.3 Å². The fraction of sp³-hybridized carbons (Fsp3) is 0.462. The molecule has 100 valence electrons. The van der Waals surface area contributed by atoms with Gasteiger partial charge in [-0.25, -0.2) is 0 Å². The molecule has 19 heavy (non-hydrogen) atoms. The Kier molecular flexibility index (Phi) is 4.17. The first-order valence-corrected chi connectivity index (χ1v) is 7.04. The Labute approximate surface area is 116 Å². The normalized spacial score (nSPS) is 15.8. The van der Waals surface area contributed by atoms with Crippen molar-refractivity contribution in [3.63, 3.8) is 0 Å². The number of carbonyl (C=O) groups excluding carboxylic acids is 2. The van der Waals surface area contributed by atoms with Crippen LogP contribution in [0.15, 0.2) is 11.4 Å². The number of nitrogens with zero attached hydrogens (tertiary/aromatic N) is 3. The summed E-state index contributed by atoms with van der Waals surface area (Å²) in [4.78, 5) is 27.7. The number of nitriles is 1. The van der Waals surface area contributed by atoms with Crippen molar-refractivity contribution in [3.8, 4) is 6.07 Å². The summed E-state index contributed by atoms with van der Waals surface area (Å²) in [6.45, 7) is 3.96. The van der Waals surface area contributed by atoms with Gasteiger partial charge in [0.15, 0.2) is 0 Å². The van der Waals surface area contributed by atoms with Gasteiger partial charge in [0, 0.05) is 33.1 Å². The zero-order chi connectivity index (χ0) is 13.8. The predicted octanol–water partition coefficient (Wildman–Crippen LogP) is 1.31. The molecule has 0 saturated carbocycles. The molecule has 0 radical (unpaired) electrons. The Morgan fingerprint density at radius 1 is 1.26 bits per heavy atom. The van der Waals surface area contributed by atoms with E-state index in [1.54, 1.807) is 28.2 Å². The maximum atomic E-state index is 12.4. The van der Waals surface area contributed by atoms with Crippen LogP contribution in [-0.4, -0.2) is 47.8 Å². The molecule has 1 aliphatic heterocycles. The van der Waals surface area contributed by atoms with Crippen molar-refractivity contribution in [2.24, 2.45) is 0 Å². The molecule has 0 atom stereocenters. The van der Waals surface area contributed by atoms with Crippen molar-refractivity contribution >= 4 is 23.2 Å². The van der Waals surface area contributed by atoms with Crippen LogP contribution in [0.25, 0.3) is 0 Å². The quantitative estimate of drug-likeness (QED) is 0.777. The lowest BCUT2D eigenvalue weighted by atomic mass is 10.2. The van der Waals surface area contributed by atoms with Crippen LogP contribution in [0.5, 0.6) is 0 Å². The lowest BCUT2D eigenvalue weighted by Gasteiger charge is -2.20. The first-order chi connectivity index (χ1) is 9.13. The highest BCUT2D eigenvalue weighted by molar-refractivity contribution is 7.12. The third kappa shape index (κ3) is 2.93. The summed E-state index contributed by atoms with van der Waals surface area (Å²) in [5.41, 5.74) is 0.433. The van der Waals surface area contributed by atoms with Gasteiger partial charge in [0.25, 0.3) is 5.91 Å². The Morgan fingerprint density at radius 3 is 2.63 bits per heavy atom. The third-order valence-electron chi connectivity index (χ3n) is 3.21. The van der Waals surface area contributed by atoms with Gasteiger partial charge in [0.1, 0.15) is 10.9 Å². The molecule has 1 aliphatic rings. The van der Waals surface area contributed by atoms with Crippen molar-refractivity contribution < 1.29 is 9.59 Å². The van der Waals surface area contributed by atoms with Gasteiger partial charge >= 0.3 is 0 Å². The minimum absolute atomic E-state index is 0.0446. The minimum atomic E-state index is -0.100. The fourth-order valence-electron chi connectivity index (χ4n) is 2.14. The molecular formula is C13H15N3O2S. The number of hydrogen-bond donors (Lipinski definition) is 0. The Balaban J connectivity index is 2.09. The maximum absolute atomic E-state index is 12.4. The molecule has 2 heterocycles. The van der Waals surface area contributed by atoms with Crippen molar-refractivity contribution in [2.45, 2.75) is 13.3 Å². The van der Waals surface area contributed by atoms with E-state index in [4.69, 9.17) is 5.26 Å². The highest BCUT2D eigenvalue weighted by atomic mass is 32.1. The van der Waals surface area contributed by atoms with Crippen LogP contribution in [-0.2, 0) is 4.79 Å². The molecule has 1 aromatic rings. The van der Waals surface area contributed by atoms with Crippen molar-refractivity contribution in [3.05, 3.63) is 21.9 Å². The maximum Gasteiger partial charge on any atom is 0.265 e. The van der Waals surface area contributed by atoms with Crippen molar-refractivity contribution in [1.82, 2.24) is 9.80 Å². The number of hydrogen-bond acceptors (Lipinski definition) is 4. The largest absolute Gasteiger partial charge is 0.341 e. The summed E-state index contributed by atoms with van der Waals surface area (Å²) in [5.74, 6) is -0.0555. The molecule has 2 amide bonds. The molecule has 0 N–H and O–H groups in total.